The number of ether oxygens (including phenoxy) is 1. The molecule has 0 bridgehead atoms. The third-order valence-electron chi connectivity index (χ3n) is 3.58. The van der Waals surface area contributed by atoms with Gasteiger partial charge < -0.3 is 10.1 Å². The zero-order valence-electron chi connectivity index (χ0n) is 11.4. The van der Waals surface area contributed by atoms with Crippen LogP contribution in [0.2, 0.25) is 0 Å². The highest BCUT2D eigenvalue weighted by Gasteiger charge is 2.41. The molecule has 0 atom stereocenters. The molecule has 1 amide bonds. The van der Waals surface area contributed by atoms with E-state index < -0.39 is 5.41 Å². The van der Waals surface area contributed by atoms with Crippen LogP contribution in [0.5, 0.6) is 0 Å². The molecule has 0 radical (unpaired) electrons. The second-order valence-corrected chi connectivity index (χ2v) is 5.33. The van der Waals surface area contributed by atoms with Crippen molar-refractivity contribution in [2.45, 2.75) is 38.1 Å². The van der Waals surface area contributed by atoms with Gasteiger partial charge in [0.25, 0.3) is 0 Å². The van der Waals surface area contributed by atoms with Crippen LogP contribution in [0.4, 0.5) is 4.39 Å². The molecule has 104 valence electrons. The summed E-state index contributed by atoms with van der Waals surface area (Å²) in [5.74, 6) is -0.336. The van der Waals surface area contributed by atoms with E-state index in [4.69, 9.17) is 4.74 Å². The third kappa shape index (κ3) is 2.95. The van der Waals surface area contributed by atoms with Crippen LogP contribution in [-0.4, -0.2) is 25.2 Å². The van der Waals surface area contributed by atoms with Crippen LogP contribution in [0.3, 0.4) is 0 Å². The lowest BCUT2D eigenvalue weighted by Gasteiger charge is -2.36. The predicted octanol–water partition coefficient (Wildman–Crippen LogP) is 2.40. The molecule has 1 saturated heterocycles. The summed E-state index contributed by atoms with van der Waals surface area (Å²) in [6.45, 7) is 4.91. The van der Waals surface area contributed by atoms with Crippen LogP contribution in [0, 0.1) is 5.82 Å². The number of carbonyl (C=O) groups excluding carboxylic acids is 1. The molecule has 0 aliphatic carbocycles. The molecule has 1 aromatic rings. The average molecular weight is 265 g/mol. The molecule has 0 aromatic heterocycles. The Morgan fingerprint density at radius 1 is 1.37 bits per heavy atom. The van der Waals surface area contributed by atoms with Crippen LogP contribution >= 0.6 is 0 Å². The standard InChI is InChI=1S/C15H20FNO2/c1-11(2)17-14(18)15(6-8-19-9-7-15)12-4-3-5-13(16)10-12/h3-5,10-11H,6-9H2,1-2H3,(H,17,18). The minimum atomic E-state index is -0.662. The molecule has 1 aliphatic heterocycles. The lowest BCUT2D eigenvalue weighted by Crippen LogP contribution is -2.49. The largest absolute Gasteiger partial charge is 0.381 e. The second-order valence-electron chi connectivity index (χ2n) is 5.33. The second kappa shape index (κ2) is 5.70. The van der Waals surface area contributed by atoms with Gasteiger partial charge >= 0.3 is 0 Å². The van der Waals surface area contributed by atoms with Gasteiger partial charge in [-0.3, -0.25) is 4.79 Å². The van der Waals surface area contributed by atoms with Crippen LogP contribution in [0.25, 0.3) is 0 Å². The summed E-state index contributed by atoms with van der Waals surface area (Å²) in [6, 6.07) is 6.42. The number of amides is 1. The van der Waals surface area contributed by atoms with Crippen molar-refractivity contribution in [2.75, 3.05) is 13.2 Å². The zero-order valence-corrected chi connectivity index (χ0v) is 11.4. The fourth-order valence-electron chi connectivity index (χ4n) is 2.55. The van der Waals surface area contributed by atoms with Gasteiger partial charge in [0.05, 0.1) is 5.41 Å². The molecule has 0 saturated carbocycles. The van der Waals surface area contributed by atoms with Gasteiger partial charge in [0.1, 0.15) is 5.82 Å². The SMILES string of the molecule is CC(C)NC(=O)C1(c2cccc(F)c2)CCOCC1. The number of hydrogen-bond donors (Lipinski definition) is 1. The van der Waals surface area contributed by atoms with E-state index in [1.165, 1.54) is 12.1 Å². The topological polar surface area (TPSA) is 38.3 Å². The van der Waals surface area contributed by atoms with Gasteiger partial charge in [0.15, 0.2) is 0 Å². The number of halogens is 1. The molecule has 0 spiro atoms. The number of nitrogens with one attached hydrogen (secondary N) is 1. The van der Waals surface area contributed by atoms with Crippen LogP contribution in [0.1, 0.15) is 32.3 Å². The van der Waals surface area contributed by atoms with Crippen LogP contribution in [-0.2, 0) is 14.9 Å². The van der Waals surface area contributed by atoms with Gasteiger partial charge in [-0.05, 0) is 44.4 Å². The molecule has 1 fully saturated rings. The monoisotopic (exact) mass is 265 g/mol. The zero-order chi connectivity index (χ0) is 13.9. The Morgan fingerprint density at radius 3 is 2.63 bits per heavy atom. The minimum Gasteiger partial charge on any atom is -0.381 e. The van der Waals surface area contributed by atoms with Crippen molar-refractivity contribution in [1.82, 2.24) is 5.32 Å². The molecule has 4 heteroatoms. The Balaban J connectivity index is 2.36. The molecule has 19 heavy (non-hydrogen) atoms. The number of hydrogen-bond acceptors (Lipinski definition) is 2. The molecule has 2 rings (SSSR count). The molecule has 3 nitrogen and oxygen atoms in total. The van der Waals surface area contributed by atoms with Crippen molar-refractivity contribution in [2.24, 2.45) is 0 Å². The Hall–Kier alpha value is -1.42. The van der Waals surface area contributed by atoms with E-state index in [1.54, 1.807) is 6.07 Å². The lowest BCUT2D eigenvalue weighted by molar-refractivity contribution is -0.131. The van der Waals surface area contributed by atoms with Gasteiger partial charge in [-0.2, -0.15) is 0 Å². The summed E-state index contributed by atoms with van der Waals surface area (Å²) in [5, 5.41) is 2.95. The van der Waals surface area contributed by atoms with Crippen molar-refractivity contribution < 1.29 is 13.9 Å². The van der Waals surface area contributed by atoms with Crippen molar-refractivity contribution in [1.29, 1.82) is 0 Å². The molecule has 0 unspecified atom stereocenters. The van der Waals surface area contributed by atoms with Gasteiger partial charge in [-0.25, -0.2) is 4.39 Å². The fourth-order valence-corrected chi connectivity index (χ4v) is 2.55. The van der Waals surface area contributed by atoms with Gasteiger partial charge in [-0.15, -0.1) is 0 Å². The average Bonchev–Trinajstić information content (AvgIpc) is 2.38. The van der Waals surface area contributed by atoms with E-state index in [2.05, 4.69) is 5.32 Å². The minimum absolute atomic E-state index is 0.0311. The molecular weight excluding hydrogens is 245 g/mol. The number of rotatable bonds is 3. The van der Waals surface area contributed by atoms with Crippen molar-refractivity contribution in [3.05, 3.63) is 35.6 Å². The molecule has 1 N–H and O–H groups in total. The summed E-state index contributed by atoms with van der Waals surface area (Å²) in [7, 11) is 0. The first-order valence-electron chi connectivity index (χ1n) is 6.69. The van der Waals surface area contributed by atoms with Crippen LogP contribution in [0.15, 0.2) is 24.3 Å². The van der Waals surface area contributed by atoms with Gasteiger partial charge in [0.2, 0.25) is 5.91 Å². The van der Waals surface area contributed by atoms with Crippen molar-refractivity contribution >= 4 is 5.91 Å². The molecule has 1 aromatic carbocycles. The van der Waals surface area contributed by atoms with Crippen molar-refractivity contribution in [3.63, 3.8) is 0 Å². The number of benzene rings is 1. The normalized spacial score (nSPS) is 18.3. The Bertz CT molecular complexity index is 453. The maximum atomic E-state index is 13.5. The highest BCUT2D eigenvalue weighted by molar-refractivity contribution is 5.88. The summed E-state index contributed by atoms with van der Waals surface area (Å²) in [4.78, 5) is 12.6. The fraction of sp³-hybridized carbons (Fsp3) is 0.533. The first-order chi connectivity index (χ1) is 9.04. The van der Waals surface area contributed by atoms with Crippen LogP contribution < -0.4 is 5.32 Å². The Kier molecular flexibility index (Phi) is 4.20. The van der Waals surface area contributed by atoms with E-state index in [0.29, 0.717) is 26.1 Å². The Labute approximate surface area is 113 Å². The van der Waals surface area contributed by atoms with Gasteiger partial charge in [0, 0.05) is 19.3 Å². The lowest BCUT2D eigenvalue weighted by atomic mass is 9.73. The first kappa shape index (κ1) is 14.0. The maximum Gasteiger partial charge on any atom is 0.231 e. The van der Waals surface area contributed by atoms with E-state index >= 15 is 0 Å². The molecule has 1 heterocycles. The summed E-state index contributed by atoms with van der Waals surface area (Å²) in [6.07, 6.45) is 1.18. The predicted molar refractivity (Wildman–Crippen MR) is 71.4 cm³/mol. The van der Waals surface area contributed by atoms with E-state index in [0.717, 1.165) is 5.56 Å². The van der Waals surface area contributed by atoms with E-state index in [9.17, 15) is 9.18 Å². The summed E-state index contributed by atoms with van der Waals surface area (Å²) in [5.41, 5.74) is 0.0823. The summed E-state index contributed by atoms with van der Waals surface area (Å²) < 4.78 is 18.8. The smallest absolute Gasteiger partial charge is 0.231 e. The highest BCUT2D eigenvalue weighted by Crippen LogP contribution is 2.35. The Morgan fingerprint density at radius 2 is 2.05 bits per heavy atom. The summed E-state index contributed by atoms with van der Waals surface area (Å²) >= 11 is 0. The van der Waals surface area contributed by atoms with E-state index in [-0.39, 0.29) is 17.8 Å². The van der Waals surface area contributed by atoms with Gasteiger partial charge in [-0.1, -0.05) is 12.1 Å². The van der Waals surface area contributed by atoms with E-state index in [1.807, 2.05) is 19.9 Å². The molecular formula is C15H20FNO2. The third-order valence-corrected chi connectivity index (χ3v) is 3.58. The first-order valence-corrected chi connectivity index (χ1v) is 6.69. The number of carbonyl (C=O) groups is 1. The molecule has 1 aliphatic rings. The van der Waals surface area contributed by atoms with Crippen molar-refractivity contribution in [3.8, 4) is 0 Å². The highest BCUT2D eigenvalue weighted by atomic mass is 19.1. The quantitative estimate of drug-likeness (QED) is 0.911. The maximum absolute atomic E-state index is 13.5.